The highest BCUT2D eigenvalue weighted by atomic mass is 16.6. The summed E-state index contributed by atoms with van der Waals surface area (Å²) in [6.45, 7) is -0.0575. The minimum absolute atomic E-state index is 0.605. The first kappa shape index (κ1) is 32.3. The number of ketones is 1. The van der Waals surface area contributed by atoms with Gasteiger partial charge in [0.15, 0.2) is 52.5 Å². The molecule has 1 aliphatic rings. The first-order valence-electron chi connectivity index (χ1n) is 12.7. The molecule has 1 aliphatic heterocycles. The topological polar surface area (TPSA) is 301 Å². The molecule has 1 heterocycles. The van der Waals surface area contributed by atoms with Gasteiger partial charge in [0.2, 0.25) is 0 Å². The van der Waals surface area contributed by atoms with Crippen LogP contribution in [0.25, 0.3) is 0 Å². The third kappa shape index (κ3) is 5.94. The van der Waals surface area contributed by atoms with Gasteiger partial charge in [-0.3, -0.25) is 4.79 Å². The fourth-order valence-electron chi connectivity index (χ4n) is 4.69. The number of hydrogen-bond acceptors (Lipinski definition) is 17. The van der Waals surface area contributed by atoms with Crippen LogP contribution < -0.4 is 0 Å². The number of hydrogen-bond donors (Lipinski definition) is 11. The molecule has 0 saturated carbocycles. The van der Waals surface area contributed by atoms with Crippen molar-refractivity contribution in [3.8, 4) is 51.7 Å². The number of carbonyl (C=O) groups excluding carboxylic acids is 3. The maximum absolute atomic E-state index is 13.2. The van der Waals surface area contributed by atoms with Crippen LogP contribution in [-0.4, -0.2) is 105 Å². The molecule has 0 radical (unpaired) electrons. The first-order chi connectivity index (χ1) is 21.1. The van der Waals surface area contributed by atoms with E-state index in [1.807, 2.05) is 0 Å². The van der Waals surface area contributed by atoms with Crippen molar-refractivity contribution in [2.75, 3.05) is 6.61 Å². The Morgan fingerprint density at radius 2 is 1.11 bits per heavy atom. The molecule has 0 bridgehead atoms. The average molecular weight is 634 g/mol. The second-order valence-corrected chi connectivity index (χ2v) is 9.84. The molecule has 1 fully saturated rings. The van der Waals surface area contributed by atoms with Gasteiger partial charge in [-0.15, -0.1) is 0 Å². The van der Waals surface area contributed by atoms with Crippen molar-refractivity contribution in [1.29, 1.82) is 0 Å². The quantitative estimate of drug-likeness (QED) is 0.0956. The van der Waals surface area contributed by atoms with Gasteiger partial charge in [0, 0.05) is 6.07 Å². The summed E-state index contributed by atoms with van der Waals surface area (Å²) in [5.41, 5.74) is -2.69. The Kier molecular flexibility index (Phi) is 8.71. The molecular formula is C28H26O17. The highest BCUT2D eigenvalue weighted by Crippen LogP contribution is 2.48. The summed E-state index contributed by atoms with van der Waals surface area (Å²) < 4.78 is 16.4. The van der Waals surface area contributed by atoms with E-state index in [0.717, 1.165) is 6.92 Å². The van der Waals surface area contributed by atoms with Crippen molar-refractivity contribution in [2.24, 2.45) is 0 Å². The van der Waals surface area contributed by atoms with E-state index in [9.17, 15) is 70.6 Å². The molecule has 17 heteroatoms. The van der Waals surface area contributed by atoms with Gasteiger partial charge in [0.25, 0.3) is 0 Å². The van der Waals surface area contributed by atoms with Crippen LogP contribution in [0.2, 0.25) is 0 Å². The average Bonchev–Trinajstić information content (AvgIpc) is 2.96. The SMILES string of the molecule is CC(=O)c1c(O)cc(O)c([C@@H]2O[C@H](CO)[C@@H](O)[C@H](OC(=O)c3cc(O)c(O)c(O)c3)[C@H]2OC(=O)c2cc(O)c(O)c(O)c2)c1O. The van der Waals surface area contributed by atoms with Crippen LogP contribution in [-0.2, 0) is 14.2 Å². The molecular weight excluding hydrogens is 608 g/mol. The highest BCUT2D eigenvalue weighted by molar-refractivity contribution is 6.00. The van der Waals surface area contributed by atoms with Gasteiger partial charge in [0.05, 0.1) is 23.3 Å². The Balaban J connectivity index is 1.88. The van der Waals surface area contributed by atoms with Crippen molar-refractivity contribution >= 4 is 17.7 Å². The van der Waals surface area contributed by atoms with E-state index >= 15 is 0 Å². The number of carbonyl (C=O) groups is 3. The van der Waals surface area contributed by atoms with Crippen LogP contribution in [0.15, 0.2) is 30.3 Å². The van der Waals surface area contributed by atoms with E-state index in [-0.39, 0.29) is 0 Å². The molecule has 3 aromatic rings. The summed E-state index contributed by atoms with van der Waals surface area (Å²) in [6.07, 6.45) is -9.99. The summed E-state index contributed by atoms with van der Waals surface area (Å²) in [5.74, 6) is -12.5. The van der Waals surface area contributed by atoms with Gasteiger partial charge in [-0.05, 0) is 31.2 Å². The van der Waals surface area contributed by atoms with Crippen molar-refractivity contribution in [1.82, 2.24) is 0 Å². The van der Waals surface area contributed by atoms with Gasteiger partial charge in [-0.2, -0.15) is 0 Å². The number of ether oxygens (including phenoxy) is 3. The molecule has 0 amide bonds. The Hall–Kier alpha value is -5.65. The van der Waals surface area contributed by atoms with Crippen LogP contribution in [0, 0.1) is 0 Å². The molecule has 5 atom stereocenters. The standard InChI is InChI=1S/C28H26O17/c1-8(30)18-11(31)6-12(32)19(23(18)40)24-26(45-28(42)10-4-15(35)21(38)16(36)5-10)25(22(39)17(7-29)43-24)44-27(41)9-2-13(33)20(37)14(34)3-9/h2-6,17,22,24-26,29,31-40H,7H2,1H3/t17-,22-,24+,25+,26+/m1/s1. The zero-order valence-electron chi connectivity index (χ0n) is 22.8. The predicted molar refractivity (Wildman–Crippen MR) is 143 cm³/mol. The Morgan fingerprint density at radius 1 is 0.667 bits per heavy atom. The van der Waals surface area contributed by atoms with Crippen LogP contribution in [0.3, 0.4) is 0 Å². The maximum atomic E-state index is 13.2. The molecule has 0 aliphatic carbocycles. The Bertz CT molecular complexity index is 1640. The molecule has 240 valence electrons. The molecule has 0 unspecified atom stereocenters. The molecule has 45 heavy (non-hydrogen) atoms. The number of aliphatic hydroxyl groups is 2. The number of aliphatic hydroxyl groups excluding tert-OH is 2. The summed E-state index contributed by atoms with van der Waals surface area (Å²) >= 11 is 0. The molecule has 11 N–H and O–H groups in total. The fraction of sp³-hybridized carbons (Fsp3) is 0.250. The molecule has 17 nitrogen and oxygen atoms in total. The van der Waals surface area contributed by atoms with Crippen molar-refractivity contribution in [3.63, 3.8) is 0 Å². The van der Waals surface area contributed by atoms with Gasteiger partial charge in [-0.25, -0.2) is 9.59 Å². The monoisotopic (exact) mass is 634 g/mol. The Labute approximate surface area is 251 Å². The third-order valence-electron chi connectivity index (χ3n) is 6.87. The molecule has 1 saturated heterocycles. The van der Waals surface area contributed by atoms with Gasteiger partial charge >= 0.3 is 11.9 Å². The van der Waals surface area contributed by atoms with E-state index in [4.69, 9.17) is 14.2 Å². The minimum atomic E-state index is -2.13. The van der Waals surface area contributed by atoms with E-state index in [0.29, 0.717) is 30.3 Å². The number of phenols is 9. The van der Waals surface area contributed by atoms with Crippen LogP contribution in [0.5, 0.6) is 51.7 Å². The number of aromatic hydroxyl groups is 9. The van der Waals surface area contributed by atoms with Gasteiger partial charge in [0.1, 0.15) is 41.1 Å². The lowest BCUT2D eigenvalue weighted by Crippen LogP contribution is -2.58. The number of rotatable bonds is 7. The molecule has 0 aromatic heterocycles. The van der Waals surface area contributed by atoms with E-state index < -0.39 is 129 Å². The number of phenolic OH excluding ortho intramolecular Hbond substituents is 9. The largest absolute Gasteiger partial charge is 0.507 e. The van der Waals surface area contributed by atoms with Crippen molar-refractivity contribution in [3.05, 3.63) is 52.6 Å². The van der Waals surface area contributed by atoms with Crippen molar-refractivity contribution < 1.29 is 84.8 Å². The smallest absolute Gasteiger partial charge is 0.338 e. The number of esters is 2. The summed E-state index contributed by atoms with van der Waals surface area (Å²) in [4.78, 5) is 38.5. The van der Waals surface area contributed by atoms with Gasteiger partial charge < -0.3 is 70.4 Å². The van der Waals surface area contributed by atoms with Crippen LogP contribution in [0.1, 0.15) is 49.7 Å². The lowest BCUT2D eigenvalue weighted by Gasteiger charge is -2.43. The molecule has 4 rings (SSSR count). The molecule has 0 spiro atoms. The summed E-state index contributed by atoms with van der Waals surface area (Å²) in [6, 6.07) is 3.30. The number of benzene rings is 3. The van der Waals surface area contributed by atoms with Crippen LogP contribution in [0.4, 0.5) is 0 Å². The van der Waals surface area contributed by atoms with E-state index in [2.05, 4.69) is 0 Å². The lowest BCUT2D eigenvalue weighted by molar-refractivity contribution is -0.232. The van der Waals surface area contributed by atoms with E-state index in [1.54, 1.807) is 0 Å². The van der Waals surface area contributed by atoms with E-state index in [1.165, 1.54) is 0 Å². The molecule has 3 aromatic carbocycles. The predicted octanol–water partition coefficient (Wildman–Crippen LogP) is 0.484. The fourth-order valence-corrected chi connectivity index (χ4v) is 4.69. The summed E-state index contributed by atoms with van der Waals surface area (Å²) in [7, 11) is 0. The maximum Gasteiger partial charge on any atom is 0.338 e. The third-order valence-corrected chi connectivity index (χ3v) is 6.87. The second kappa shape index (κ2) is 12.2. The second-order valence-electron chi connectivity index (χ2n) is 9.84. The van der Waals surface area contributed by atoms with Crippen LogP contribution >= 0.6 is 0 Å². The zero-order chi connectivity index (χ0) is 33.5. The normalized spacial score (nSPS) is 21.2. The minimum Gasteiger partial charge on any atom is -0.507 e. The first-order valence-corrected chi connectivity index (χ1v) is 12.7. The zero-order valence-corrected chi connectivity index (χ0v) is 22.8. The Morgan fingerprint density at radius 3 is 1.53 bits per heavy atom. The summed E-state index contributed by atoms with van der Waals surface area (Å²) in [5, 5.41) is 111. The van der Waals surface area contributed by atoms with Gasteiger partial charge in [-0.1, -0.05) is 0 Å². The lowest BCUT2D eigenvalue weighted by atomic mass is 9.88. The highest BCUT2D eigenvalue weighted by Gasteiger charge is 2.52. The van der Waals surface area contributed by atoms with Crippen molar-refractivity contribution in [2.45, 2.75) is 37.4 Å². The number of Topliss-reactive ketones (excluding diaryl/α,β-unsaturated/α-hetero) is 1.